The summed E-state index contributed by atoms with van der Waals surface area (Å²) in [5.74, 6) is 1.58. The van der Waals surface area contributed by atoms with Crippen molar-refractivity contribution in [1.29, 1.82) is 0 Å². The van der Waals surface area contributed by atoms with Crippen molar-refractivity contribution in [3.63, 3.8) is 0 Å². The van der Waals surface area contributed by atoms with Gasteiger partial charge < -0.3 is 19.5 Å². The maximum Gasteiger partial charge on any atom is 0.161 e. The first-order valence-electron chi connectivity index (χ1n) is 7.31. The Bertz CT molecular complexity index is 428. The van der Waals surface area contributed by atoms with Crippen LogP contribution >= 0.6 is 0 Å². The molecule has 0 radical (unpaired) electrons. The number of ether oxygens (including phenoxy) is 3. The summed E-state index contributed by atoms with van der Waals surface area (Å²) in [5, 5.41) is 3.47. The lowest BCUT2D eigenvalue weighted by Crippen LogP contribution is -2.36. The molecular formula is C16H25NO3. The molecule has 1 aliphatic heterocycles. The van der Waals surface area contributed by atoms with Crippen molar-refractivity contribution < 1.29 is 14.2 Å². The van der Waals surface area contributed by atoms with Gasteiger partial charge >= 0.3 is 0 Å². The van der Waals surface area contributed by atoms with Gasteiger partial charge in [-0.05, 0) is 44.4 Å². The molecule has 0 saturated carbocycles. The summed E-state index contributed by atoms with van der Waals surface area (Å²) >= 11 is 0. The first kappa shape index (κ1) is 15.1. The minimum absolute atomic E-state index is 0.00474. The Morgan fingerprint density at radius 3 is 2.85 bits per heavy atom. The second-order valence-electron chi connectivity index (χ2n) is 5.42. The Balaban J connectivity index is 1.90. The Morgan fingerprint density at radius 1 is 1.35 bits per heavy atom. The summed E-state index contributed by atoms with van der Waals surface area (Å²) in [4.78, 5) is 0. The minimum atomic E-state index is -0.00474. The van der Waals surface area contributed by atoms with Crippen molar-refractivity contribution in [2.24, 2.45) is 0 Å². The Labute approximate surface area is 121 Å². The third-order valence-corrected chi connectivity index (χ3v) is 3.66. The molecule has 2 rings (SSSR count). The standard InChI is InChI=1S/C16H25NO3/c1-4-19-15-10-13(6-7-14(15)18-3)11-17-12-16(2)8-5-9-20-16/h6-7,10,17H,4-5,8-9,11-12H2,1-3H3. The van der Waals surface area contributed by atoms with Crippen LogP contribution in [0.1, 0.15) is 32.3 Å². The molecule has 1 heterocycles. The van der Waals surface area contributed by atoms with Gasteiger partial charge in [0.15, 0.2) is 11.5 Å². The maximum atomic E-state index is 5.77. The van der Waals surface area contributed by atoms with Crippen molar-refractivity contribution >= 4 is 0 Å². The van der Waals surface area contributed by atoms with Gasteiger partial charge in [-0.25, -0.2) is 0 Å². The number of hydrogen-bond donors (Lipinski definition) is 1. The van der Waals surface area contributed by atoms with Crippen LogP contribution in [-0.2, 0) is 11.3 Å². The van der Waals surface area contributed by atoms with Gasteiger partial charge in [-0.3, -0.25) is 0 Å². The van der Waals surface area contributed by atoms with Crippen LogP contribution in [0.15, 0.2) is 18.2 Å². The lowest BCUT2D eigenvalue weighted by atomic mass is 10.0. The highest BCUT2D eigenvalue weighted by molar-refractivity contribution is 5.42. The fraction of sp³-hybridized carbons (Fsp3) is 0.625. The third-order valence-electron chi connectivity index (χ3n) is 3.66. The number of methoxy groups -OCH3 is 1. The van der Waals surface area contributed by atoms with Crippen LogP contribution in [0.4, 0.5) is 0 Å². The van der Waals surface area contributed by atoms with E-state index in [-0.39, 0.29) is 5.60 Å². The molecule has 20 heavy (non-hydrogen) atoms. The zero-order valence-electron chi connectivity index (χ0n) is 12.7. The van der Waals surface area contributed by atoms with Gasteiger partial charge in [0.05, 0.1) is 19.3 Å². The summed E-state index contributed by atoms with van der Waals surface area (Å²) in [7, 11) is 1.66. The SMILES string of the molecule is CCOc1cc(CNCC2(C)CCCO2)ccc1OC. The molecule has 0 aliphatic carbocycles. The van der Waals surface area contributed by atoms with Gasteiger partial charge in [0.2, 0.25) is 0 Å². The molecule has 0 spiro atoms. The Hall–Kier alpha value is -1.26. The van der Waals surface area contributed by atoms with E-state index in [9.17, 15) is 0 Å². The van der Waals surface area contributed by atoms with Crippen molar-refractivity contribution in [1.82, 2.24) is 5.32 Å². The molecular weight excluding hydrogens is 254 g/mol. The summed E-state index contributed by atoms with van der Waals surface area (Å²) in [6, 6.07) is 6.05. The largest absolute Gasteiger partial charge is 0.493 e. The number of benzene rings is 1. The minimum Gasteiger partial charge on any atom is -0.493 e. The number of hydrogen-bond acceptors (Lipinski definition) is 4. The molecule has 1 unspecified atom stereocenters. The van der Waals surface area contributed by atoms with Crippen LogP contribution in [0.2, 0.25) is 0 Å². The summed E-state index contributed by atoms with van der Waals surface area (Å²) in [6.07, 6.45) is 2.29. The first-order chi connectivity index (χ1) is 9.67. The lowest BCUT2D eigenvalue weighted by Gasteiger charge is -2.23. The zero-order chi connectivity index (χ0) is 14.4. The predicted octanol–water partition coefficient (Wildman–Crippen LogP) is 2.75. The molecule has 1 atom stereocenters. The monoisotopic (exact) mass is 279 g/mol. The van der Waals surface area contributed by atoms with E-state index in [0.29, 0.717) is 6.61 Å². The van der Waals surface area contributed by atoms with Gasteiger partial charge in [0.25, 0.3) is 0 Å². The lowest BCUT2D eigenvalue weighted by molar-refractivity contribution is 0.0207. The fourth-order valence-corrected chi connectivity index (χ4v) is 2.55. The predicted molar refractivity (Wildman–Crippen MR) is 79.5 cm³/mol. The topological polar surface area (TPSA) is 39.7 Å². The fourth-order valence-electron chi connectivity index (χ4n) is 2.55. The third kappa shape index (κ3) is 3.87. The average Bonchev–Trinajstić information content (AvgIpc) is 2.86. The highest BCUT2D eigenvalue weighted by Crippen LogP contribution is 2.28. The van der Waals surface area contributed by atoms with Crippen molar-refractivity contribution in [2.75, 3.05) is 26.9 Å². The van der Waals surface area contributed by atoms with Gasteiger partial charge in [-0.15, -0.1) is 0 Å². The summed E-state index contributed by atoms with van der Waals surface area (Å²) in [6.45, 7) is 7.36. The Kier molecular flexibility index (Phi) is 5.26. The molecule has 0 amide bonds. The van der Waals surface area contributed by atoms with Gasteiger partial charge in [0, 0.05) is 19.7 Å². The molecule has 4 heteroatoms. The highest BCUT2D eigenvalue weighted by Gasteiger charge is 2.28. The van der Waals surface area contributed by atoms with Gasteiger partial charge in [0.1, 0.15) is 0 Å². The second-order valence-corrected chi connectivity index (χ2v) is 5.42. The van der Waals surface area contributed by atoms with Gasteiger partial charge in [-0.1, -0.05) is 6.07 Å². The van der Waals surface area contributed by atoms with E-state index < -0.39 is 0 Å². The molecule has 1 aliphatic rings. The van der Waals surface area contributed by atoms with E-state index >= 15 is 0 Å². The van der Waals surface area contributed by atoms with E-state index in [0.717, 1.165) is 44.0 Å². The van der Waals surface area contributed by atoms with Crippen LogP contribution in [0.5, 0.6) is 11.5 Å². The van der Waals surface area contributed by atoms with Crippen LogP contribution < -0.4 is 14.8 Å². The molecule has 0 bridgehead atoms. The van der Waals surface area contributed by atoms with Crippen LogP contribution in [0.3, 0.4) is 0 Å². The van der Waals surface area contributed by atoms with Crippen molar-refractivity contribution in [3.05, 3.63) is 23.8 Å². The van der Waals surface area contributed by atoms with Crippen molar-refractivity contribution in [2.45, 2.75) is 38.8 Å². The van der Waals surface area contributed by atoms with E-state index in [2.05, 4.69) is 18.3 Å². The molecule has 1 aromatic rings. The molecule has 4 nitrogen and oxygen atoms in total. The van der Waals surface area contributed by atoms with Crippen LogP contribution in [-0.4, -0.2) is 32.5 Å². The number of rotatable bonds is 7. The normalized spacial score (nSPS) is 21.9. The highest BCUT2D eigenvalue weighted by atomic mass is 16.5. The first-order valence-corrected chi connectivity index (χ1v) is 7.31. The van der Waals surface area contributed by atoms with Crippen molar-refractivity contribution in [3.8, 4) is 11.5 Å². The zero-order valence-corrected chi connectivity index (χ0v) is 12.7. The smallest absolute Gasteiger partial charge is 0.161 e. The van der Waals surface area contributed by atoms with E-state index in [1.165, 1.54) is 5.56 Å². The van der Waals surface area contributed by atoms with Crippen LogP contribution in [0, 0.1) is 0 Å². The van der Waals surface area contributed by atoms with Crippen LogP contribution in [0.25, 0.3) is 0 Å². The van der Waals surface area contributed by atoms with E-state index in [4.69, 9.17) is 14.2 Å². The molecule has 112 valence electrons. The van der Waals surface area contributed by atoms with E-state index in [1.54, 1.807) is 7.11 Å². The number of nitrogens with one attached hydrogen (secondary N) is 1. The summed E-state index contributed by atoms with van der Waals surface area (Å²) in [5.41, 5.74) is 1.19. The molecule has 1 N–H and O–H groups in total. The molecule has 1 saturated heterocycles. The second kappa shape index (κ2) is 6.95. The molecule has 1 fully saturated rings. The Morgan fingerprint density at radius 2 is 2.20 bits per heavy atom. The maximum absolute atomic E-state index is 5.77. The summed E-state index contributed by atoms with van der Waals surface area (Å²) < 4.78 is 16.6. The quantitative estimate of drug-likeness (QED) is 0.833. The molecule has 0 aromatic heterocycles. The molecule has 1 aromatic carbocycles. The van der Waals surface area contributed by atoms with Gasteiger partial charge in [-0.2, -0.15) is 0 Å². The van der Waals surface area contributed by atoms with E-state index in [1.807, 2.05) is 19.1 Å². The average molecular weight is 279 g/mol.